The number of nitrogens with zero attached hydrogens (tertiary/aromatic N) is 3. The summed E-state index contributed by atoms with van der Waals surface area (Å²) in [6.45, 7) is 4.64. The predicted molar refractivity (Wildman–Crippen MR) is 139 cm³/mol. The van der Waals surface area contributed by atoms with E-state index in [1.165, 1.54) is 12.3 Å². The Labute approximate surface area is 216 Å². The highest BCUT2D eigenvalue weighted by atomic mass is 32.2. The van der Waals surface area contributed by atoms with Gasteiger partial charge in [-0.1, -0.05) is 18.2 Å². The Morgan fingerprint density at radius 3 is 2.51 bits per heavy atom. The number of ether oxygens (including phenoxy) is 1. The third-order valence-electron chi connectivity index (χ3n) is 5.84. The Hall–Kier alpha value is -3.46. The standard InChI is InChI=1S/C28H25F4N3OS/c1-16-9-20(27-23(10-16)35-25(14-34-27)36-28(31)32)15-37-24-13-19(11-17(2)26(24)33-3)6-4-5-18-7-8-21(29)22(30)12-18/h7-14,28H,3-6,15H2,1-2H3. The molecule has 0 atom stereocenters. The number of aryl methyl sites for hydroxylation is 4. The van der Waals surface area contributed by atoms with Crippen molar-refractivity contribution in [3.05, 3.63) is 88.1 Å². The summed E-state index contributed by atoms with van der Waals surface area (Å²) in [6, 6.07) is 11.9. The molecule has 3 aromatic carbocycles. The summed E-state index contributed by atoms with van der Waals surface area (Å²) < 4.78 is 56.2. The number of hydrogen-bond acceptors (Lipinski definition) is 5. The third-order valence-corrected chi connectivity index (χ3v) is 6.92. The zero-order valence-corrected chi connectivity index (χ0v) is 21.2. The van der Waals surface area contributed by atoms with Gasteiger partial charge in [-0.05, 0) is 91.9 Å². The minimum Gasteiger partial charge on any atom is -0.415 e. The first-order valence-corrected chi connectivity index (χ1v) is 12.6. The van der Waals surface area contributed by atoms with Gasteiger partial charge in [0.1, 0.15) is 0 Å². The predicted octanol–water partition coefficient (Wildman–Crippen LogP) is 7.93. The van der Waals surface area contributed by atoms with Crippen molar-refractivity contribution in [3.63, 3.8) is 0 Å². The van der Waals surface area contributed by atoms with Crippen LogP contribution in [0.3, 0.4) is 0 Å². The van der Waals surface area contributed by atoms with E-state index >= 15 is 0 Å². The van der Waals surface area contributed by atoms with Crippen LogP contribution in [0.5, 0.6) is 5.88 Å². The van der Waals surface area contributed by atoms with Crippen LogP contribution in [0.4, 0.5) is 23.2 Å². The first-order chi connectivity index (χ1) is 17.7. The van der Waals surface area contributed by atoms with Gasteiger partial charge in [0, 0.05) is 10.6 Å². The van der Waals surface area contributed by atoms with E-state index in [1.54, 1.807) is 23.9 Å². The van der Waals surface area contributed by atoms with Crippen LogP contribution in [0.25, 0.3) is 11.0 Å². The van der Waals surface area contributed by atoms with E-state index in [2.05, 4.69) is 38.5 Å². The molecule has 0 aliphatic rings. The number of benzene rings is 3. The molecule has 0 unspecified atom stereocenters. The quantitative estimate of drug-likeness (QED) is 0.119. The van der Waals surface area contributed by atoms with Gasteiger partial charge < -0.3 is 4.74 Å². The number of aromatic nitrogens is 2. The zero-order valence-electron chi connectivity index (χ0n) is 20.4. The average molecular weight is 528 g/mol. The number of alkyl halides is 2. The maximum Gasteiger partial charge on any atom is 0.388 e. The van der Waals surface area contributed by atoms with Gasteiger partial charge in [-0.25, -0.2) is 18.7 Å². The zero-order chi connectivity index (χ0) is 26.5. The number of thioether (sulfide) groups is 1. The van der Waals surface area contributed by atoms with E-state index in [1.807, 2.05) is 19.9 Å². The van der Waals surface area contributed by atoms with Crippen LogP contribution in [-0.2, 0) is 18.6 Å². The Morgan fingerprint density at radius 1 is 1.00 bits per heavy atom. The summed E-state index contributed by atoms with van der Waals surface area (Å²) >= 11 is 1.58. The van der Waals surface area contributed by atoms with Crippen LogP contribution in [0, 0.1) is 25.5 Å². The maximum absolute atomic E-state index is 13.5. The van der Waals surface area contributed by atoms with Gasteiger partial charge in [0.2, 0.25) is 5.88 Å². The SMILES string of the molecule is C=Nc1c(C)cc(CCCc2ccc(F)c(F)c2)cc1SCc1cc(C)cc2nc(OC(F)F)cnc12. The average Bonchev–Trinajstić information content (AvgIpc) is 2.84. The van der Waals surface area contributed by atoms with E-state index in [0.29, 0.717) is 23.2 Å². The van der Waals surface area contributed by atoms with Crippen LogP contribution < -0.4 is 4.74 Å². The second-order valence-electron chi connectivity index (χ2n) is 8.69. The van der Waals surface area contributed by atoms with Crippen molar-refractivity contribution in [2.75, 3.05) is 0 Å². The van der Waals surface area contributed by atoms with Crippen molar-refractivity contribution in [3.8, 4) is 5.88 Å². The molecule has 0 radical (unpaired) electrons. The van der Waals surface area contributed by atoms with Gasteiger partial charge in [0.05, 0.1) is 22.9 Å². The molecule has 4 aromatic rings. The molecule has 0 saturated carbocycles. The fourth-order valence-electron chi connectivity index (χ4n) is 4.22. The number of rotatable bonds is 10. The second-order valence-corrected chi connectivity index (χ2v) is 9.70. The summed E-state index contributed by atoms with van der Waals surface area (Å²) in [6.07, 6.45) is 3.37. The van der Waals surface area contributed by atoms with Crippen molar-refractivity contribution in [2.45, 2.75) is 50.4 Å². The monoisotopic (exact) mass is 527 g/mol. The van der Waals surface area contributed by atoms with E-state index in [0.717, 1.165) is 57.3 Å². The van der Waals surface area contributed by atoms with Crippen LogP contribution in [0.15, 0.2) is 58.5 Å². The summed E-state index contributed by atoms with van der Waals surface area (Å²) in [7, 11) is 0. The molecule has 9 heteroatoms. The number of aliphatic imine (C=N–C) groups is 1. The van der Waals surface area contributed by atoms with Crippen molar-refractivity contribution in [2.24, 2.45) is 4.99 Å². The van der Waals surface area contributed by atoms with Crippen LogP contribution >= 0.6 is 11.8 Å². The minimum atomic E-state index is -2.97. The Bertz CT molecular complexity index is 1450. The lowest BCUT2D eigenvalue weighted by Gasteiger charge is -2.13. The Kier molecular flexibility index (Phi) is 8.43. The molecule has 1 heterocycles. The lowest BCUT2D eigenvalue weighted by atomic mass is 10.0. The molecule has 4 rings (SSSR count). The van der Waals surface area contributed by atoms with Gasteiger partial charge in [-0.3, -0.25) is 4.99 Å². The highest BCUT2D eigenvalue weighted by molar-refractivity contribution is 7.98. The smallest absolute Gasteiger partial charge is 0.388 e. The normalized spacial score (nSPS) is 11.3. The summed E-state index contributed by atoms with van der Waals surface area (Å²) in [5.74, 6) is -1.35. The summed E-state index contributed by atoms with van der Waals surface area (Å²) in [5.41, 5.74) is 6.59. The molecule has 0 saturated heterocycles. The molecule has 0 fully saturated rings. The molecule has 4 nitrogen and oxygen atoms in total. The van der Waals surface area contributed by atoms with Crippen molar-refractivity contribution < 1.29 is 22.3 Å². The van der Waals surface area contributed by atoms with E-state index < -0.39 is 18.2 Å². The summed E-state index contributed by atoms with van der Waals surface area (Å²) in [4.78, 5) is 13.7. The van der Waals surface area contributed by atoms with Crippen LogP contribution in [0.1, 0.15) is 34.2 Å². The second kappa shape index (κ2) is 11.7. The number of fused-ring (bicyclic) bond motifs is 1. The fourth-order valence-corrected chi connectivity index (χ4v) is 5.34. The van der Waals surface area contributed by atoms with Crippen molar-refractivity contribution in [1.82, 2.24) is 9.97 Å². The molecular weight excluding hydrogens is 502 g/mol. The van der Waals surface area contributed by atoms with Crippen LogP contribution in [0.2, 0.25) is 0 Å². The Balaban J connectivity index is 1.52. The maximum atomic E-state index is 13.5. The highest BCUT2D eigenvalue weighted by Crippen LogP contribution is 2.37. The van der Waals surface area contributed by atoms with Crippen molar-refractivity contribution >= 4 is 35.2 Å². The number of halogens is 4. The summed E-state index contributed by atoms with van der Waals surface area (Å²) in [5, 5.41) is 0. The van der Waals surface area contributed by atoms with Crippen molar-refractivity contribution in [1.29, 1.82) is 0 Å². The van der Waals surface area contributed by atoms with Gasteiger partial charge in [0.25, 0.3) is 0 Å². The van der Waals surface area contributed by atoms with Gasteiger partial charge in [-0.15, -0.1) is 11.8 Å². The van der Waals surface area contributed by atoms with Gasteiger partial charge in [-0.2, -0.15) is 8.78 Å². The minimum absolute atomic E-state index is 0.225. The lowest BCUT2D eigenvalue weighted by Crippen LogP contribution is -2.04. The lowest BCUT2D eigenvalue weighted by molar-refractivity contribution is -0.0528. The molecule has 37 heavy (non-hydrogen) atoms. The Morgan fingerprint density at radius 2 is 1.78 bits per heavy atom. The molecule has 0 amide bonds. The molecule has 0 aliphatic heterocycles. The first-order valence-electron chi connectivity index (χ1n) is 11.6. The van der Waals surface area contributed by atoms with Crippen LogP contribution in [-0.4, -0.2) is 23.3 Å². The van der Waals surface area contributed by atoms with Gasteiger partial charge in [0.15, 0.2) is 11.6 Å². The molecule has 0 bridgehead atoms. The molecule has 0 aliphatic carbocycles. The fraction of sp³-hybridized carbons (Fsp3) is 0.250. The third kappa shape index (κ3) is 6.65. The van der Waals surface area contributed by atoms with E-state index in [9.17, 15) is 17.6 Å². The van der Waals surface area contributed by atoms with Gasteiger partial charge >= 0.3 is 6.61 Å². The molecule has 0 N–H and O–H groups in total. The van der Waals surface area contributed by atoms with E-state index in [4.69, 9.17) is 0 Å². The first kappa shape index (κ1) is 26.6. The number of hydrogen-bond donors (Lipinski definition) is 0. The molecular formula is C28H25F4N3OS. The highest BCUT2D eigenvalue weighted by Gasteiger charge is 2.13. The largest absolute Gasteiger partial charge is 0.415 e. The van der Waals surface area contributed by atoms with E-state index in [-0.39, 0.29) is 5.88 Å². The molecule has 1 aromatic heterocycles. The molecule has 192 valence electrons. The topological polar surface area (TPSA) is 47.4 Å². The molecule has 0 spiro atoms.